The monoisotopic (exact) mass is 354 g/mol. The van der Waals surface area contributed by atoms with Gasteiger partial charge in [-0.15, -0.1) is 11.3 Å². The molecular weight excluding hydrogens is 332 g/mol. The maximum atomic E-state index is 12.7. The van der Waals surface area contributed by atoms with E-state index in [-0.39, 0.29) is 12.0 Å². The summed E-state index contributed by atoms with van der Waals surface area (Å²) in [4.78, 5) is 17.7. The van der Waals surface area contributed by atoms with Crippen molar-refractivity contribution in [2.45, 2.75) is 37.8 Å². The van der Waals surface area contributed by atoms with Crippen molar-refractivity contribution in [1.29, 1.82) is 0 Å². The van der Waals surface area contributed by atoms with Crippen LogP contribution in [0.1, 0.15) is 35.4 Å². The Kier molecular flexibility index (Phi) is 4.39. The Morgan fingerprint density at radius 1 is 1.22 bits per heavy atom. The van der Waals surface area contributed by atoms with Gasteiger partial charge < -0.3 is 10.0 Å². The van der Waals surface area contributed by atoms with Gasteiger partial charge in [0.05, 0.1) is 11.1 Å². The minimum absolute atomic E-state index is 0.0617. The van der Waals surface area contributed by atoms with E-state index >= 15 is 0 Å². The van der Waals surface area contributed by atoms with Gasteiger partial charge in [0, 0.05) is 19.1 Å². The molecule has 126 valence electrons. The van der Waals surface area contributed by atoms with Crippen LogP contribution in [0.4, 0.5) is 0 Å². The lowest BCUT2D eigenvalue weighted by Gasteiger charge is -2.40. The number of thiophene rings is 1. The molecule has 0 aromatic carbocycles. The van der Waals surface area contributed by atoms with E-state index in [1.165, 1.54) is 24.2 Å². The highest BCUT2D eigenvalue weighted by atomic mass is 35.5. The van der Waals surface area contributed by atoms with Gasteiger partial charge in [-0.2, -0.15) is 0 Å². The second-order valence-corrected chi connectivity index (χ2v) is 8.50. The SMILES string of the molecule is O=C(c1sccc1Cl)N1C[C@H]2C[C@@H](N3CCCC3)[C@H](O)C[C@H]2C1. The number of carbonyl (C=O) groups excluding carboxylic acids is 1. The molecule has 0 bridgehead atoms. The Labute approximate surface area is 146 Å². The first kappa shape index (κ1) is 15.9. The predicted molar refractivity (Wildman–Crippen MR) is 92.0 cm³/mol. The topological polar surface area (TPSA) is 43.8 Å². The molecule has 0 unspecified atom stereocenters. The number of amides is 1. The van der Waals surface area contributed by atoms with E-state index in [2.05, 4.69) is 4.90 Å². The molecule has 2 saturated heterocycles. The highest BCUT2D eigenvalue weighted by Gasteiger charge is 2.45. The van der Waals surface area contributed by atoms with Crippen LogP contribution in [0.5, 0.6) is 0 Å². The number of nitrogens with zero attached hydrogens (tertiary/aromatic N) is 2. The minimum Gasteiger partial charge on any atom is -0.391 e. The first-order valence-corrected chi connectivity index (χ1v) is 9.83. The second kappa shape index (κ2) is 6.36. The molecule has 1 aliphatic carbocycles. The largest absolute Gasteiger partial charge is 0.391 e. The molecule has 1 aromatic heterocycles. The zero-order chi connectivity index (χ0) is 16.0. The molecular formula is C17H23ClN2O2S. The summed E-state index contributed by atoms with van der Waals surface area (Å²) in [5, 5.41) is 13.0. The first-order chi connectivity index (χ1) is 11.1. The molecule has 4 atom stereocenters. The number of aliphatic hydroxyl groups excluding tert-OH is 1. The van der Waals surface area contributed by atoms with Crippen molar-refractivity contribution in [2.24, 2.45) is 11.8 Å². The molecule has 2 aliphatic heterocycles. The number of halogens is 1. The summed E-state index contributed by atoms with van der Waals surface area (Å²) in [6, 6.07) is 2.08. The molecule has 1 amide bonds. The molecule has 23 heavy (non-hydrogen) atoms. The fourth-order valence-corrected chi connectivity index (χ4v) is 5.73. The van der Waals surface area contributed by atoms with E-state index in [9.17, 15) is 9.90 Å². The molecule has 0 radical (unpaired) electrons. The van der Waals surface area contributed by atoms with Gasteiger partial charge in [-0.3, -0.25) is 9.69 Å². The lowest BCUT2D eigenvalue weighted by molar-refractivity contribution is -0.000864. The molecule has 4 rings (SSSR count). The second-order valence-electron chi connectivity index (χ2n) is 7.18. The van der Waals surface area contributed by atoms with Gasteiger partial charge in [0.25, 0.3) is 5.91 Å². The summed E-state index contributed by atoms with van der Waals surface area (Å²) in [5.41, 5.74) is 0. The van der Waals surface area contributed by atoms with Crippen molar-refractivity contribution in [1.82, 2.24) is 9.80 Å². The number of likely N-dealkylation sites (tertiary alicyclic amines) is 2. The molecule has 1 N–H and O–H groups in total. The number of carbonyl (C=O) groups is 1. The van der Waals surface area contributed by atoms with Crippen molar-refractivity contribution in [3.63, 3.8) is 0 Å². The highest BCUT2D eigenvalue weighted by Crippen LogP contribution is 2.40. The molecule has 6 heteroatoms. The summed E-state index contributed by atoms with van der Waals surface area (Å²) >= 11 is 7.53. The molecule has 3 aliphatic rings. The Hall–Kier alpha value is -0.620. The quantitative estimate of drug-likeness (QED) is 0.888. The lowest BCUT2D eigenvalue weighted by Crippen LogP contribution is -2.48. The summed E-state index contributed by atoms with van der Waals surface area (Å²) in [7, 11) is 0. The maximum Gasteiger partial charge on any atom is 0.265 e. The molecule has 0 spiro atoms. The summed E-state index contributed by atoms with van der Waals surface area (Å²) in [6.07, 6.45) is 4.11. The van der Waals surface area contributed by atoms with Crippen molar-refractivity contribution in [3.05, 3.63) is 21.3 Å². The van der Waals surface area contributed by atoms with Gasteiger partial charge in [0.2, 0.25) is 0 Å². The summed E-state index contributed by atoms with van der Waals surface area (Å²) in [5.74, 6) is 1.02. The van der Waals surface area contributed by atoms with Gasteiger partial charge in [0.15, 0.2) is 0 Å². The highest BCUT2D eigenvalue weighted by molar-refractivity contribution is 7.12. The standard InChI is InChI=1S/C17H23ClN2O2S/c18-13-3-6-23-16(13)17(22)20-9-11-7-14(19-4-1-2-5-19)15(21)8-12(11)10-20/h3,6,11-12,14-15,21H,1-2,4-5,7-10H2/t11-,12+,14-,15-/m1/s1. The van der Waals surface area contributed by atoms with Crippen molar-refractivity contribution < 1.29 is 9.90 Å². The van der Waals surface area contributed by atoms with E-state index in [1.807, 2.05) is 10.3 Å². The van der Waals surface area contributed by atoms with Crippen LogP contribution in [-0.2, 0) is 0 Å². The van der Waals surface area contributed by atoms with Crippen molar-refractivity contribution in [2.75, 3.05) is 26.2 Å². The Morgan fingerprint density at radius 2 is 1.91 bits per heavy atom. The van der Waals surface area contributed by atoms with Gasteiger partial charge in [-0.05, 0) is 62.1 Å². The molecule has 3 fully saturated rings. The number of aliphatic hydroxyl groups is 1. The van der Waals surface area contributed by atoms with Crippen LogP contribution < -0.4 is 0 Å². The van der Waals surface area contributed by atoms with Crippen LogP contribution in [0.2, 0.25) is 5.02 Å². The molecule has 4 nitrogen and oxygen atoms in total. The Balaban J connectivity index is 1.45. The number of hydrogen-bond acceptors (Lipinski definition) is 4. The normalized spacial score (nSPS) is 34.8. The lowest BCUT2D eigenvalue weighted by atomic mass is 9.77. The molecule has 1 aromatic rings. The number of fused-ring (bicyclic) bond motifs is 1. The third kappa shape index (κ3) is 2.93. The van der Waals surface area contributed by atoms with E-state index < -0.39 is 0 Å². The van der Waals surface area contributed by atoms with E-state index in [1.54, 1.807) is 6.07 Å². The smallest absolute Gasteiger partial charge is 0.265 e. The maximum absolute atomic E-state index is 12.7. The number of hydrogen-bond donors (Lipinski definition) is 1. The fourth-order valence-electron chi connectivity index (χ4n) is 4.63. The summed E-state index contributed by atoms with van der Waals surface area (Å²) in [6.45, 7) is 3.81. The van der Waals surface area contributed by atoms with Crippen LogP contribution in [0.25, 0.3) is 0 Å². The van der Waals surface area contributed by atoms with Crippen molar-refractivity contribution >= 4 is 28.8 Å². The average molecular weight is 355 g/mol. The van der Waals surface area contributed by atoms with Crippen molar-refractivity contribution in [3.8, 4) is 0 Å². The average Bonchev–Trinajstić information content (AvgIpc) is 3.25. The van der Waals surface area contributed by atoms with Crippen LogP contribution in [-0.4, -0.2) is 59.1 Å². The van der Waals surface area contributed by atoms with Gasteiger partial charge in [-0.25, -0.2) is 0 Å². The first-order valence-electron chi connectivity index (χ1n) is 8.58. The zero-order valence-electron chi connectivity index (χ0n) is 13.2. The van der Waals surface area contributed by atoms with Gasteiger partial charge in [0.1, 0.15) is 4.88 Å². The third-order valence-electron chi connectivity index (χ3n) is 5.82. The summed E-state index contributed by atoms with van der Waals surface area (Å²) < 4.78 is 0. The Bertz CT molecular complexity index is 587. The van der Waals surface area contributed by atoms with E-state index in [0.717, 1.165) is 39.0 Å². The predicted octanol–water partition coefficient (Wildman–Crippen LogP) is 2.71. The number of rotatable bonds is 2. The van der Waals surface area contributed by atoms with Gasteiger partial charge in [-0.1, -0.05) is 11.6 Å². The van der Waals surface area contributed by atoms with Crippen LogP contribution in [0.15, 0.2) is 11.4 Å². The van der Waals surface area contributed by atoms with Crippen LogP contribution in [0, 0.1) is 11.8 Å². The molecule has 3 heterocycles. The third-order valence-corrected chi connectivity index (χ3v) is 7.15. The van der Waals surface area contributed by atoms with E-state index in [0.29, 0.717) is 27.8 Å². The zero-order valence-corrected chi connectivity index (χ0v) is 14.7. The van der Waals surface area contributed by atoms with Gasteiger partial charge >= 0.3 is 0 Å². The minimum atomic E-state index is -0.241. The molecule has 1 saturated carbocycles. The Morgan fingerprint density at radius 3 is 2.57 bits per heavy atom. The fraction of sp³-hybridized carbons (Fsp3) is 0.706. The van der Waals surface area contributed by atoms with E-state index in [4.69, 9.17) is 11.6 Å². The van der Waals surface area contributed by atoms with Crippen LogP contribution in [0.3, 0.4) is 0 Å². The van der Waals surface area contributed by atoms with Crippen LogP contribution >= 0.6 is 22.9 Å².